The second-order valence-electron chi connectivity index (χ2n) is 8.88. The van der Waals surface area contributed by atoms with Crippen LogP contribution in [0.1, 0.15) is 50.9 Å². The molecule has 9 nitrogen and oxygen atoms in total. The van der Waals surface area contributed by atoms with Crippen molar-refractivity contribution in [2.24, 2.45) is 11.7 Å². The molecule has 0 bridgehead atoms. The molecule has 2 fully saturated rings. The molecule has 1 unspecified atom stereocenters. The third kappa shape index (κ3) is 4.06. The van der Waals surface area contributed by atoms with Gasteiger partial charge < -0.3 is 16.0 Å². The van der Waals surface area contributed by atoms with Crippen LogP contribution in [0.3, 0.4) is 0 Å². The van der Waals surface area contributed by atoms with Crippen molar-refractivity contribution in [2.45, 2.75) is 58.2 Å². The molecule has 2 aliphatic heterocycles. The number of carbonyl (C=O) groups is 3. The summed E-state index contributed by atoms with van der Waals surface area (Å²) in [7, 11) is 0. The number of aromatic nitrogens is 1. The Morgan fingerprint density at radius 3 is 2.72 bits per heavy atom. The molecule has 4 rings (SSSR count). The Morgan fingerprint density at radius 1 is 1.31 bits per heavy atom. The normalized spacial score (nSPS) is 25.2. The Hall–Kier alpha value is -3.01. The van der Waals surface area contributed by atoms with Gasteiger partial charge in [0.2, 0.25) is 17.7 Å². The molecule has 32 heavy (non-hydrogen) atoms. The minimum absolute atomic E-state index is 0.0288. The van der Waals surface area contributed by atoms with Gasteiger partial charge in [0.05, 0.1) is 18.4 Å². The van der Waals surface area contributed by atoms with Gasteiger partial charge >= 0.3 is 0 Å². The number of primary amides is 1. The molecule has 0 radical (unpaired) electrons. The molecule has 3 heterocycles. The van der Waals surface area contributed by atoms with E-state index in [9.17, 15) is 18.8 Å². The van der Waals surface area contributed by atoms with Crippen LogP contribution < -0.4 is 21.5 Å². The first-order valence-electron chi connectivity index (χ1n) is 10.9. The number of hydrazine groups is 1. The molecule has 4 atom stereocenters. The summed E-state index contributed by atoms with van der Waals surface area (Å²) in [5, 5.41) is 4.19. The molecule has 0 aromatic carbocycles. The summed E-state index contributed by atoms with van der Waals surface area (Å²) in [5.41, 5.74) is 11.2. The first-order valence-corrected chi connectivity index (χ1v) is 10.9. The summed E-state index contributed by atoms with van der Waals surface area (Å²) < 4.78 is 13.8. The minimum atomic E-state index is -0.746. The Kier molecular flexibility index (Phi) is 5.89. The summed E-state index contributed by atoms with van der Waals surface area (Å²) in [6.07, 6.45) is 3.79. The number of fused-ring (bicyclic) bond motifs is 2. The monoisotopic (exact) mass is 444 g/mol. The second kappa shape index (κ2) is 8.50. The number of amides is 3. The molecule has 10 heteroatoms. The predicted octanol–water partition coefficient (Wildman–Crippen LogP) is 0.864. The van der Waals surface area contributed by atoms with Gasteiger partial charge in [0.1, 0.15) is 24.5 Å². The standard InChI is InChI=1S/C22H29FN6O3/c1-4-13-7-14-18(9-25-13)28(27-20(14)21(24)31)10-19(30)29-16-5-12(16)6-17(29)22(32)26-8-15(23)11(2)3/h7,9,12,16-17,20,27H,4-6,8,10H2,1-3H3,(H2,24,31)(H,26,32)/t12-,16-,17+,20?/m1/s1. The van der Waals surface area contributed by atoms with Gasteiger partial charge in [0.25, 0.3) is 0 Å². The van der Waals surface area contributed by atoms with Crippen molar-refractivity contribution < 1.29 is 18.8 Å². The van der Waals surface area contributed by atoms with Crippen molar-refractivity contribution >= 4 is 23.4 Å². The fourth-order valence-corrected chi connectivity index (χ4v) is 4.53. The molecule has 4 N–H and O–H groups in total. The topological polar surface area (TPSA) is 121 Å². The number of likely N-dealkylation sites (tertiary alicyclic amines) is 1. The van der Waals surface area contributed by atoms with E-state index in [4.69, 9.17) is 5.73 Å². The van der Waals surface area contributed by atoms with E-state index < -0.39 is 18.0 Å². The third-order valence-electron chi connectivity index (χ3n) is 6.45. The predicted molar refractivity (Wildman–Crippen MR) is 116 cm³/mol. The van der Waals surface area contributed by atoms with Crippen LogP contribution in [0.5, 0.6) is 0 Å². The van der Waals surface area contributed by atoms with Crippen molar-refractivity contribution in [1.29, 1.82) is 0 Å². The molecule has 1 aromatic rings. The number of hydrogen-bond acceptors (Lipinski definition) is 6. The Bertz CT molecular complexity index is 992. The van der Waals surface area contributed by atoms with E-state index >= 15 is 0 Å². The molecule has 1 saturated heterocycles. The van der Waals surface area contributed by atoms with Crippen LogP contribution in [0, 0.1) is 5.92 Å². The van der Waals surface area contributed by atoms with Crippen LogP contribution in [-0.4, -0.2) is 52.8 Å². The van der Waals surface area contributed by atoms with Crippen molar-refractivity contribution in [1.82, 2.24) is 20.6 Å². The summed E-state index contributed by atoms with van der Waals surface area (Å²) in [5.74, 6) is -1.21. The maximum Gasteiger partial charge on any atom is 0.244 e. The number of piperidine rings is 1. The number of rotatable bonds is 7. The van der Waals surface area contributed by atoms with E-state index in [0.717, 1.165) is 12.1 Å². The van der Waals surface area contributed by atoms with Gasteiger partial charge in [-0.3, -0.25) is 24.4 Å². The Balaban J connectivity index is 1.48. The number of carbonyl (C=O) groups excluding carboxylic acids is 3. The van der Waals surface area contributed by atoms with Crippen molar-refractivity contribution in [3.05, 3.63) is 34.9 Å². The van der Waals surface area contributed by atoms with E-state index in [1.807, 2.05) is 13.0 Å². The minimum Gasteiger partial charge on any atom is -0.368 e. The summed E-state index contributed by atoms with van der Waals surface area (Å²) in [6.45, 7) is 4.99. The highest BCUT2D eigenvalue weighted by Gasteiger charge is 2.56. The lowest BCUT2D eigenvalue weighted by Gasteiger charge is -2.29. The quantitative estimate of drug-likeness (QED) is 0.574. The lowest BCUT2D eigenvalue weighted by atomic mass is 10.1. The number of nitrogens with two attached hydrogens (primary N) is 1. The average Bonchev–Trinajstić information content (AvgIpc) is 3.27. The van der Waals surface area contributed by atoms with Crippen molar-refractivity contribution in [2.75, 3.05) is 18.1 Å². The smallest absolute Gasteiger partial charge is 0.244 e. The lowest BCUT2D eigenvalue weighted by molar-refractivity contribution is -0.138. The molecule has 3 amide bonds. The van der Waals surface area contributed by atoms with Crippen LogP contribution >= 0.6 is 0 Å². The van der Waals surface area contributed by atoms with Crippen LogP contribution in [-0.2, 0) is 20.8 Å². The fourth-order valence-electron chi connectivity index (χ4n) is 4.53. The maximum atomic E-state index is 13.8. The highest BCUT2D eigenvalue weighted by Crippen LogP contribution is 2.48. The van der Waals surface area contributed by atoms with Crippen LogP contribution in [0.25, 0.3) is 0 Å². The second-order valence-corrected chi connectivity index (χ2v) is 8.88. The number of aryl methyl sites for hydroxylation is 1. The Labute approximate surface area is 186 Å². The molecule has 0 spiro atoms. The molecule has 1 aromatic heterocycles. The van der Waals surface area contributed by atoms with Crippen LogP contribution in [0.15, 0.2) is 23.7 Å². The molecular weight excluding hydrogens is 415 g/mol. The molecule has 172 valence electrons. The molecular formula is C22H29FN6O3. The zero-order chi connectivity index (χ0) is 23.2. The van der Waals surface area contributed by atoms with E-state index in [2.05, 4.69) is 15.7 Å². The van der Waals surface area contributed by atoms with Gasteiger partial charge in [0, 0.05) is 17.3 Å². The molecule has 1 saturated carbocycles. The average molecular weight is 445 g/mol. The zero-order valence-electron chi connectivity index (χ0n) is 18.5. The number of halogens is 1. The SMILES string of the molecule is CCc1cc2c(cn1)N(CC(=O)N1[C@@H]3C[C@@H]3C[C@H]1C(=O)NCC(F)=C(C)C)NC2C(N)=O. The van der Waals surface area contributed by atoms with Crippen LogP contribution in [0.4, 0.5) is 10.1 Å². The number of allylic oxidation sites excluding steroid dienone is 1. The number of nitrogens with zero attached hydrogens (tertiary/aromatic N) is 3. The highest BCUT2D eigenvalue weighted by molar-refractivity contribution is 5.92. The van der Waals surface area contributed by atoms with E-state index in [1.54, 1.807) is 30.0 Å². The number of pyridine rings is 1. The van der Waals surface area contributed by atoms with E-state index in [1.165, 1.54) is 0 Å². The van der Waals surface area contributed by atoms with Gasteiger partial charge in [-0.2, -0.15) is 0 Å². The third-order valence-corrected chi connectivity index (χ3v) is 6.45. The summed E-state index contributed by atoms with van der Waals surface area (Å²) >= 11 is 0. The fraction of sp³-hybridized carbons (Fsp3) is 0.545. The van der Waals surface area contributed by atoms with Gasteiger partial charge in [-0.15, -0.1) is 0 Å². The van der Waals surface area contributed by atoms with Gasteiger partial charge in [-0.1, -0.05) is 6.92 Å². The van der Waals surface area contributed by atoms with Gasteiger partial charge in [-0.25, -0.2) is 9.82 Å². The highest BCUT2D eigenvalue weighted by atomic mass is 19.1. The summed E-state index contributed by atoms with van der Waals surface area (Å²) in [6, 6.07) is 0.486. The molecule has 3 aliphatic rings. The Morgan fingerprint density at radius 2 is 2.06 bits per heavy atom. The number of hydrogen-bond donors (Lipinski definition) is 3. The number of anilines is 1. The first-order chi connectivity index (χ1) is 15.2. The van der Waals surface area contributed by atoms with Gasteiger partial charge in [-0.05, 0) is 50.7 Å². The summed E-state index contributed by atoms with van der Waals surface area (Å²) in [4.78, 5) is 43.9. The number of nitrogens with one attached hydrogen (secondary N) is 2. The van der Waals surface area contributed by atoms with Crippen molar-refractivity contribution in [3.63, 3.8) is 0 Å². The lowest BCUT2D eigenvalue weighted by Crippen LogP contribution is -2.52. The zero-order valence-corrected chi connectivity index (χ0v) is 18.5. The largest absolute Gasteiger partial charge is 0.368 e. The van der Waals surface area contributed by atoms with Gasteiger partial charge in [0.15, 0.2) is 0 Å². The van der Waals surface area contributed by atoms with E-state index in [-0.39, 0.29) is 36.8 Å². The first kappa shape index (κ1) is 22.2. The maximum absolute atomic E-state index is 13.8. The van der Waals surface area contributed by atoms with E-state index in [0.29, 0.717) is 35.6 Å². The van der Waals surface area contributed by atoms with Crippen LogP contribution in [0.2, 0.25) is 0 Å². The van der Waals surface area contributed by atoms with Crippen molar-refractivity contribution in [3.8, 4) is 0 Å². The molecule has 1 aliphatic carbocycles.